The number of carbonyl (C=O) groups excluding carboxylic acids is 1. The second-order valence-electron chi connectivity index (χ2n) is 6.07. The number of thioether (sulfide) groups is 1. The molecule has 0 bridgehead atoms. The Bertz CT molecular complexity index is 761. The first-order chi connectivity index (χ1) is 12.0. The number of anilines is 1. The number of nitrogens with one attached hydrogen (secondary N) is 1. The van der Waals surface area contributed by atoms with Crippen molar-refractivity contribution in [2.75, 3.05) is 24.7 Å². The van der Waals surface area contributed by atoms with E-state index in [2.05, 4.69) is 27.2 Å². The van der Waals surface area contributed by atoms with E-state index in [4.69, 9.17) is 10.5 Å². The molecular weight excluding hydrogens is 338 g/mol. The van der Waals surface area contributed by atoms with Crippen LogP contribution in [0.15, 0.2) is 39.2 Å². The summed E-state index contributed by atoms with van der Waals surface area (Å²) in [5.74, 6) is 1.17. The van der Waals surface area contributed by atoms with Gasteiger partial charge < -0.3 is 15.8 Å². The van der Waals surface area contributed by atoms with Crippen molar-refractivity contribution in [2.45, 2.75) is 24.9 Å². The molecule has 0 saturated heterocycles. The van der Waals surface area contributed by atoms with E-state index in [1.165, 1.54) is 13.3 Å². The lowest BCUT2D eigenvalue weighted by atomic mass is 9.89. The van der Waals surface area contributed by atoms with Crippen molar-refractivity contribution in [3.8, 4) is 0 Å². The molecule has 2 aliphatic heterocycles. The summed E-state index contributed by atoms with van der Waals surface area (Å²) in [7, 11) is 1.52. The Kier molecular flexibility index (Phi) is 5.08. The standard InChI is InChI=1S/C17H21N5O2S/c1-17(6-7-25-16(18)22-17)11-4-3-5-12(8-11)21-15(23)13-9-20-14(24-2)10-19-13/h3-5,8,10,13H,6-7,9H2,1-2H3,(H2,18,22)(H,21,23)/t13?,17-/m0/s1. The quantitative estimate of drug-likeness (QED) is 0.859. The van der Waals surface area contributed by atoms with Gasteiger partial charge in [0.15, 0.2) is 5.17 Å². The van der Waals surface area contributed by atoms with Crippen molar-refractivity contribution < 1.29 is 9.53 Å². The third kappa shape index (κ3) is 4.01. The Morgan fingerprint density at radius 1 is 1.48 bits per heavy atom. The van der Waals surface area contributed by atoms with E-state index in [0.29, 0.717) is 16.8 Å². The number of methoxy groups -OCH3 is 1. The van der Waals surface area contributed by atoms with Crippen LogP contribution >= 0.6 is 11.8 Å². The first-order valence-electron chi connectivity index (χ1n) is 8.01. The molecule has 3 rings (SSSR count). The zero-order valence-electron chi connectivity index (χ0n) is 14.2. The Morgan fingerprint density at radius 3 is 3.00 bits per heavy atom. The molecule has 0 saturated carbocycles. The van der Waals surface area contributed by atoms with Crippen molar-refractivity contribution >= 4 is 40.6 Å². The smallest absolute Gasteiger partial charge is 0.251 e. The topological polar surface area (TPSA) is 101 Å². The molecule has 1 unspecified atom stereocenters. The van der Waals surface area contributed by atoms with Gasteiger partial charge in [0.25, 0.3) is 5.91 Å². The molecule has 132 valence electrons. The van der Waals surface area contributed by atoms with Gasteiger partial charge in [-0.1, -0.05) is 23.9 Å². The minimum atomic E-state index is -0.544. The molecule has 1 amide bonds. The van der Waals surface area contributed by atoms with Crippen LogP contribution in [-0.4, -0.2) is 48.6 Å². The van der Waals surface area contributed by atoms with Crippen molar-refractivity contribution in [3.05, 3.63) is 29.8 Å². The van der Waals surface area contributed by atoms with Crippen LogP contribution in [0.4, 0.5) is 5.69 Å². The monoisotopic (exact) mass is 359 g/mol. The molecule has 25 heavy (non-hydrogen) atoms. The summed E-state index contributed by atoms with van der Waals surface area (Å²) in [6, 6.07) is 7.18. The molecule has 1 aromatic carbocycles. The Balaban J connectivity index is 1.72. The van der Waals surface area contributed by atoms with Gasteiger partial charge in [-0.15, -0.1) is 0 Å². The number of nitrogens with two attached hydrogens (primary N) is 1. The van der Waals surface area contributed by atoms with E-state index in [0.717, 1.165) is 17.7 Å². The van der Waals surface area contributed by atoms with E-state index >= 15 is 0 Å². The summed E-state index contributed by atoms with van der Waals surface area (Å²) < 4.78 is 4.98. The first kappa shape index (κ1) is 17.5. The predicted molar refractivity (Wildman–Crippen MR) is 103 cm³/mol. The van der Waals surface area contributed by atoms with Crippen molar-refractivity contribution in [3.63, 3.8) is 0 Å². The Labute approximate surface area is 150 Å². The molecule has 2 heterocycles. The van der Waals surface area contributed by atoms with Gasteiger partial charge in [-0.2, -0.15) is 0 Å². The lowest BCUT2D eigenvalue weighted by Gasteiger charge is -2.30. The second kappa shape index (κ2) is 7.26. The van der Waals surface area contributed by atoms with Crippen LogP contribution in [-0.2, 0) is 15.1 Å². The number of ether oxygens (including phenoxy) is 1. The third-order valence-electron chi connectivity index (χ3n) is 4.24. The molecule has 7 nitrogen and oxygen atoms in total. The zero-order valence-corrected chi connectivity index (χ0v) is 15.0. The van der Waals surface area contributed by atoms with Crippen LogP contribution in [0.1, 0.15) is 18.9 Å². The molecule has 0 aliphatic carbocycles. The molecule has 3 N–H and O–H groups in total. The summed E-state index contributed by atoms with van der Waals surface area (Å²) in [5, 5.41) is 3.51. The Hall–Kier alpha value is -2.35. The number of rotatable bonds is 3. The van der Waals surface area contributed by atoms with E-state index < -0.39 is 6.04 Å². The Morgan fingerprint density at radius 2 is 2.32 bits per heavy atom. The fourth-order valence-electron chi connectivity index (χ4n) is 2.74. The van der Waals surface area contributed by atoms with Crippen LogP contribution in [0, 0.1) is 0 Å². The summed E-state index contributed by atoms with van der Waals surface area (Å²) in [5.41, 5.74) is 7.27. The minimum Gasteiger partial charge on any atom is -0.480 e. The van der Waals surface area contributed by atoms with Gasteiger partial charge in [0.1, 0.15) is 6.04 Å². The summed E-state index contributed by atoms with van der Waals surface area (Å²) in [4.78, 5) is 25.3. The van der Waals surface area contributed by atoms with Crippen LogP contribution in [0.2, 0.25) is 0 Å². The number of hydrogen-bond donors (Lipinski definition) is 2. The minimum absolute atomic E-state index is 0.195. The van der Waals surface area contributed by atoms with E-state index in [1.807, 2.05) is 24.3 Å². The number of amides is 1. The highest BCUT2D eigenvalue weighted by Gasteiger charge is 2.29. The second-order valence-corrected chi connectivity index (χ2v) is 7.18. The third-order valence-corrected chi connectivity index (χ3v) is 5.04. The molecule has 0 radical (unpaired) electrons. The normalized spacial score (nSPS) is 25.8. The highest BCUT2D eigenvalue weighted by atomic mass is 32.2. The maximum Gasteiger partial charge on any atom is 0.251 e. The van der Waals surface area contributed by atoms with Crippen molar-refractivity contribution in [1.29, 1.82) is 0 Å². The highest BCUT2D eigenvalue weighted by molar-refractivity contribution is 8.13. The number of amidine groups is 1. The van der Waals surface area contributed by atoms with Gasteiger partial charge in [0, 0.05) is 11.4 Å². The van der Waals surface area contributed by atoms with Crippen LogP contribution in [0.5, 0.6) is 0 Å². The molecule has 0 aromatic heterocycles. The molecule has 0 spiro atoms. The summed E-state index contributed by atoms with van der Waals surface area (Å²) in [6.07, 6.45) is 2.37. The number of benzene rings is 1. The van der Waals surface area contributed by atoms with Crippen LogP contribution in [0.3, 0.4) is 0 Å². The maximum atomic E-state index is 12.4. The average molecular weight is 359 g/mol. The van der Waals surface area contributed by atoms with E-state index in [-0.39, 0.29) is 18.0 Å². The molecule has 0 fully saturated rings. The lowest BCUT2D eigenvalue weighted by molar-refractivity contribution is -0.117. The summed E-state index contributed by atoms with van der Waals surface area (Å²) in [6.45, 7) is 2.34. The van der Waals surface area contributed by atoms with Gasteiger partial charge in [-0.3, -0.25) is 14.8 Å². The molecule has 1 aromatic rings. The van der Waals surface area contributed by atoms with Gasteiger partial charge in [-0.05, 0) is 31.0 Å². The van der Waals surface area contributed by atoms with Gasteiger partial charge in [0.05, 0.1) is 25.4 Å². The zero-order chi connectivity index (χ0) is 17.9. The lowest BCUT2D eigenvalue weighted by Crippen LogP contribution is -2.32. The highest BCUT2D eigenvalue weighted by Crippen LogP contribution is 2.35. The SMILES string of the molecule is COC1=NCC(C(=O)Nc2cccc([C@]3(C)CCSC(N)=N3)c2)N=C1. The molecular formula is C17H21N5O2S. The fraction of sp³-hybridized carbons (Fsp3) is 0.412. The number of aliphatic imine (C=N–C) groups is 3. The largest absolute Gasteiger partial charge is 0.480 e. The van der Waals surface area contributed by atoms with Crippen molar-refractivity contribution in [1.82, 2.24) is 0 Å². The number of carbonyl (C=O) groups is 1. The molecule has 8 heteroatoms. The van der Waals surface area contributed by atoms with E-state index in [1.54, 1.807) is 11.8 Å². The molecule has 2 aliphatic rings. The van der Waals surface area contributed by atoms with Crippen molar-refractivity contribution in [2.24, 2.45) is 20.7 Å². The fourth-order valence-corrected chi connectivity index (χ4v) is 3.71. The predicted octanol–water partition coefficient (Wildman–Crippen LogP) is 1.79. The van der Waals surface area contributed by atoms with Gasteiger partial charge >= 0.3 is 0 Å². The molecule has 2 atom stereocenters. The van der Waals surface area contributed by atoms with Gasteiger partial charge in [-0.25, -0.2) is 4.99 Å². The van der Waals surface area contributed by atoms with Crippen LogP contribution in [0.25, 0.3) is 0 Å². The van der Waals surface area contributed by atoms with E-state index in [9.17, 15) is 4.79 Å². The average Bonchev–Trinajstić information content (AvgIpc) is 2.62. The number of nitrogens with zero attached hydrogens (tertiary/aromatic N) is 3. The maximum absolute atomic E-state index is 12.4. The first-order valence-corrected chi connectivity index (χ1v) is 9.00. The van der Waals surface area contributed by atoms with Crippen LogP contribution < -0.4 is 11.1 Å². The summed E-state index contributed by atoms with van der Waals surface area (Å²) >= 11 is 1.57. The van der Waals surface area contributed by atoms with Gasteiger partial charge in [0.2, 0.25) is 5.90 Å². The number of hydrogen-bond acceptors (Lipinski definition) is 7.